The van der Waals surface area contributed by atoms with Crippen molar-refractivity contribution in [1.29, 1.82) is 0 Å². The summed E-state index contributed by atoms with van der Waals surface area (Å²) in [4.78, 5) is 31.3. The van der Waals surface area contributed by atoms with E-state index in [-0.39, 0.29) is 23.7 Å². The number of aryl methyl sites for hydroxylation is 2. The molecule has 1 aromatic carbocycles. The van der Waals surface area contributed by atoms with Gasteiger partial charge in [0.25, 0.3) is 5.71 Å². The molecule has 4 aromatic rings. The number of carbonyl (C=O) groups is 2. The van der Waals surface area contributed by atoms with Crippen molar-refractivity contribution in [3.8, 4) is 11.3 Å². The average molecular weight is 406 g/mol. The molecule has 0 aliphatic rings. The molecule has 0 bridgehead atoms. The minimum atomic E-state index is -0.610. The van der Waals surface area contributed by atoms with E-state index in [1.807, 2.05) is 43.3 Å². The summed E-state index contributed by atoms with van der Waals surface area (Å²) in [5.74, 6) is -0.833. The number of fused-ring (bicyclic) bond motifs is 1. The molecule has 0 unspecified atom stereocenters. The van der Waals surface area contributed by atoms with Crippen LogP contribution >= 0.6 is 11.3 Å². The van der Waals surface area contributed by atoms with Crippen molar-refractivity contribution >= 4 is 34.2 Å². The number of pyridine rings is 1. The molecule has 0 radical (unpaired) electrons. The summed E-state index contributed by atoms with van der Waals surface area (Å²) in [5.41, 5.74) is 2.47. The second-order valence-electron chi connectivity index (χ2n) is 6.49. The van der Waals surface area contributed by atoms with E-state index >= 15 is 0 Å². The van der Waals surface area contributed by atoms with Crippen molar-refractivity contribution in [3.05, 3.63) is 69.5 Å². The Hall–Kier alpha value is -3.32. The second kappa shape index (κ2) is 7.97. The number of thiophene rings is 1. The zero-order valence-electron chi connectivity index (χ0n) is 16.0. The van der Waals surface area contributed by atoms with Gasteiger partial charge in [-0.3, -0.25) is 4.79 Å². The number of nitrogens with zero attached hydrogens (tertiary/aromatic N) is 2. The molecule has 0 saturated carbocycles. The number of aromatic nitrogens is 2. The van der Waals surface area contributed by atoms with Gasteiger partial charge in [-0.05, 0) is 31.5 Å². The lowest BCUT2D eigenvalue weighted by molar-refractivity contribution is 0.0477. The van der Waals surface area contributed by atoms with E-state index in [0.717, 1.165) is 16.9 Å². The number of rotatable bonds is 6. The summed E-state index contributed by atoms with van der Waals surface area (Å²) < 4.78 is 10.6. The fourth-order valence-corrected chi connectivity index (χ4v) is 3.88. The topological polar surface area (TPSA) is 82.3 Å². The minimum absolute atomic E-state index is 0.223. The van der Waals surface area contributed by atoms with Gasteiger partial charge in [0.05, 0.1) is 27.2 Å². The first kappa shape index (κ1) is 19.0. The third-order valence-corrected chi connectivity index (χ3v) is 5.80. The van der Waals surface area contributed by atoms with Crippen molar-refractivity contribution < 1.29 is 18.8 Å². The van der Waals surface area contributed by atoms with Gasteiger partial charge in [0.1, 0.15) is 0 Å². The number of hydrogen-bond acceptors (Lipinski definition) is 7. The zero-order chi connectivity index (χ0) is 20.4. The number of esters is 1. The van der Waals surface area contributed by atoms with Crippen molar-refractivity contribution in [2.45, 2.75) is 20.3 Å². The molecule has 29 heavy (non-hydrogen) atoms. The van der Waals surface area contributed by atoms with Crippen LogP contribution in [0.2, 0.25) is 0 Å². The van der Waals surface area contributed by atoms with E-state index in [2.05, 4.69) is 10.1 Å². The fourth-order valence-electron chi connectivity index (χ4n) is 3.01. The molecule has 6 nitrogen and oxygen atoms in total. The Labute approximate surface area is 171 Å². The first-order valence-electron chi connectivity index (χ1n) is 9.18. The lowest BCUT2D eigenvalue weighted by atomic mass is 10.1. The van der Waals surface area contributed by atoms with Gasteiger partial charge >= 0.3 is 5.97 Å². The summed E-state index contributed by atoms with van der Waals surface area (Å²) in [5, 5.41) is 4.41. The Morgan fingerprint density at radius 2 is 1.93 bits per heavy atom. The molecule has 0 N–H and O–H groups in total. The highest BCUT2D eigenvalue weighted by Gasteiger charge is 2.21. The van der Waals surface area contributed by atoms with E-state index in [1.165, 1.54) is 11.3 Å². The predicted octanol–water partition coefficient (Wildman–Crippen LogP) is 4.86. The van der Waals surface area contributed by atoms with Gasteiger partial charge in [-0.1, -0.05) is 42.4 Å². The molecule has 0 aliphatic carbocycles. The van der Waals surface area contributed by atoms with Crippen molar-refractivity contribution in [1.82, 2.24) is 10.1 Å². The van der Waals surface area contributed by atoms with Crippen LogP contribution in [-0.2, 0) is 11.2 Å². The fraction of sp³-hybridized carbons (Fsp3) is 0.182. The van der Waals surface area contributed by atoms with Gasteiger partial charge in [-0.2, -0.15) is 0 Å². The minimum Gasteiger partial charge on any atom is -0.454 e. The van der Waals surface area contributed by atoms with Crippen LogP contribution in [-0.4, -0.2) is 28.5 Å². The lowest BCUT2D eigenvalue weighted by Gasteiger charge is -2.07. The third-order valence-electron chi connectivity index (χ3n) is 4.53. The highest BCUT2D eigenvalue weighted by Crippen LogP contribution is 2.27. The van der Waals surface area contributed by atoms with Crippen LogP contribution in [0.25, 0.3) is 22.4 Å². The Balaban J connectivity index is 1.62. The first-order valence-corrected chi connectivity index (χ1v) is 10.00. The summed E-state index contributed by atoms with van der Waals surface area (Å²) in [7, 11) is 0. The van der Waals surface area contributed by atoms with Crippen LogP contribution in [0.3, 0.4) is 0 Å². The third kappa shape index (κ3) is 3.82. The van der Waals surface area contributed by atoms with Crippen LogP contribution in [0.1, 0.15) is 37.5 Å². The molecule has 0 atom stereocenters. The molecular weight excluding hydrogens is 388 g/mol. The number of carbonyl (C=O) groups excluding carboxylic acids is 2. The predicted molar refractivity (Wildman–Crippen MR) is 110 cm³/mol. The number of ketones is 1. The monoisotopic (exact) mass is 406 g/mol. The second-order valence-corrected chi connectivity index (χ2v) is 7.66. The standard InChI is InChI=1S/C22H18N2O4S/c1-3-15-9-10-19(29-15)18(25)12-27-22(26)16-11-17(14-7-5-4-6-8-14)23-21-20(16)13(2)24-28-21/h4-11H,3,12H2,1-2H3. The Bertz CT molecular complexity index is 1190. The first-order chi connectivity index (χ1) is 14.1. The quantitative estimate of drug-likeness (QED) is 0.336. The van der Waals surface area contributed by atoms with E-state index in [1.54, 1.807) is 19.1 Å². The van der Waals surface area contributed by atoms with Gasteiger partial charge in [0.2, 0.25) is 5.78 Å². The molecule has 146 valence electrons. The maximum absolute atomic E-state index is 12.8. The van der Waals surface area contributed by atoms with Gasteiger partial charge in [-0.15, -0.1) is 11.3 Å². The summed E-state index contributed by atoms with van der Waals surface area (Å²) in [6, 6.07) is 14.8. The highest BCUT2D eigenvalue weighted by atomic mass is 32.1. The van der Waals surface area contributed by atoms with Gasteiger partial charge in [-0.25, -0.2) is 9.78 Å². The normalized spacial score (nSPS) is 11.0. The maximum atomic E-state index is 12.8. The molecule has 7 heteroatoms. The Morgan fingerprint density at radius 3 is 2.66 bits per heavy atom. The van der Waals surface area contributed by atoms with E-state index < -0.39 is 5.97 Å². The zero-order valence-corrected chi connectivity index (χ0v) is 16.8. The average Bonchev–Trinajstić information content (AvgIpc) is 3.39. The molecular formula is C22H18N2O4S. The summed E-state index contributed by atoms with van der Waals surface area (Å²) in [6.45, 7) is 3.44. The smallest absolute Gasteiger partial charge is 0.339 e. The number of Topliss-reactive ketones (excluding diaryl/α,β-unsaturated/α-hetero) is 1. The van der Waals surface area contributed by atoms with Crippen molar-refractivity contribution in [3.63, 3.8) is 0 Å². The number of benzene rings is 1. The number of hydrogen-bond donors (Lipinski definition) is 0. The summed E-state index contributed by atoms with van der Waals surface area (Å²) >= 11 is 1.42. The van der Waals surface area contributed by atoms with E-state index in [0.29, 0.717) is 21.7 Å². The van der Waals surface area contributed by atoms with Crippen LogP contribution in [0.4, 0.5) is 0 Å². The lowest BCUT2D eigenvalue weighted by Crippen LogP contribution is -2.14. The van der Waals surface area contributed by atoms with E-state index in [4.69, 9.17) is 9.26 Å². The largest absolute Gasteiger partial charge is 0.454 e. The highest BCUT2D eigenvalue weighted by molar-refractivity contribution is 7.14. The molecule has 3 aromatic heterocycles. The molecule has 0 amide bonds. The van der Waals surface area contributed by atoms with Crippen LogP contribution in [0.5, 0.6) is 0 Å². The van der Waals surface area contributed by atoms with Crippen molar-refractivity contribution in [2.24, 2.45) is 0 Å². The molecule has 0 saturated heterocycles. The Kier molecular flexibility index (Phi) is 5.22. The van der Waals surface area contributed by atoms with E-state index in [9.17, 15) is 9.59 Å². The number of ether oxygens (including phenoxy) is 1. The van der Waals surface area contributed by atoms with Crippen molar-refractivity contribution in [2.75, 3.05) is 6.61 Å². The maximum Gasteiger partial charge on any atom is 0.339 e. The van der Waals surface area contributed by atoms with Crippen LogP contribution < -0.4 is 0 Å². The van der Waals surface area contributed by atoms with Crippen LogP contribution in [0.15, 0.2) is 53.1 Å². The molecule has 3 heterocycles. The molecule has 4 rings (SSSR count). The Morgan fingerprint density at radius 1 is 1.14 bits per heavy atom. The molecule has 0 aliphatic heterocycles. The van der Waals surface area contributed by atoms with Gasteiger partial charge in [0, 0.05) is 10.4 Å². The summed E-state index contributed by atoms with van der Waals surface area (Å²) in [6.07, 6.45) is 0.863. The molecule has 0 spiro atoms. The van der Waals surface area contributed by atoms with Gasteiger partial charge in [0.15, 0.2) is 6.61 Å². The SMILES string of the molecule is CCc1ccc(C(=O)COC(=O)c2cc(-c3ccccc3)nc3onc(C)c23)s1. The van der Waals surface area contributed by atoms with Crippen LogP contribution in [0, 0.1) is 6.92 Å². The molecule has 0 fully saturated rings. The van der Waals surface area contributed by atoms with Gasteiger partial charge < -0.3 is 9.26 Å².